The van der Waals surface area contributed by atoms with Crippen LogP contribution in [0.25, 0.3) is 65.7 Å². The number of aromatic nitrogens is 4. The van der Waals surface area contributed by atoms with Crippen molar-refractivity contribution in [3.05, 3.63) is 81.4 Å². The molecule has 0 fully saturated rings. The predicted octanol–water partition coefficient (Wildman–Crippen LogP) is 10.8. The van der Waals surface area contributed by atoms with Crippen LogP contribution < -0.4 is 11.1 Å². The van der Waals surface area contributed by atoms with Gasteiger partial charge in [-0.2, -0.15) is 4.31 Å². The van der Waals surface area contributed by atoms with Crippen LogP contribution in [-0.2, 0) is 19.9 Å². The van der Waals surface area contributed by atoms with E-state index >= 15 is 0 Å². The van der Waals surface area contributed by atoms with Crippen molar-refractivity contribution < 1.29 is 16.8 Å². The van der Waals surface area contributed by atoms with Crippen molar-refractivity contribution in [3.8, 4) is 0 Å². The van der Waals surface area contributed by atoms with Crippen molar-refractivity contribution in [3.63, 3.8) is 0 Å². The lowest BCUT2D eigenvalue weighted by Gasteiger charge is -2.22. The predicted molar refractivity (Wildman–Crippen MR) is 253 cm³/mol. The van der Waals surface area contributed by atoms with E-state index in [0.717, 1.165) is 44.8 Å². The number of unbranched alkanes of at least 4 members (excludes halogenated alkanes) is 16. The van der Waals surface area contributed by atoms with Gasteiger partial charge in [-0.05, 0) is 73.5 Å². The summed E-state index contributed by atoms with van der Waals surface area (Å²) >= 11 is 0. The first-order valence-corrected chi connectivity index (χ1v) is 26.2. The van der Waals surface area contributed by atoms with Crippen molar-refractivity contribution in [1.29, 1.82) is 0 Å². The molecule has 13 heteroatoms. The van der Waals surface area contributed by atoms with Crippen LogP contribution in [0.4, 0.5) is 0 Å². The summed E-state index contributed by atoms with van der Waals surface area (Å²) in [6.45, 7) is 5.38. The molecule has 4 aromatic heterocycles. The average molecular weight is 878 g/mol. The third kappa shape index (κ3) is 8.40. The molecule has 4 aromatic carbocycles. The van der Waals surface area contributed by atoms with Crippen molar-refractivity contribution in [1.82, 2.24) is 23.1 Å². The van der Waals surface area contributed by atoms with E-state index in [1.54, 1.807) is 52.8 Å². The smallest absolute Gasteiger partial charge is 0.264 e. The van der Waals surface area contributed by atoms with Gasteiger partial charge >= 0.3 is 0 Å². The molecule has 4 heterocycles. The van der Waals surface area contributed by atoms with Crippen LogP contribution in [0.15, 0.2) is 80.0 Å². The standard InChI is InChI=1S/C49H59N5O6S2/c1-4-6-8-10-12-14-16-18-20-30-52(31-21-19-17-15-13-11-9-7-5-2)62(59,60)35-23-29-41-43(33-35)54-47(51-41)37-25-26-38-44-36(24-27-39(45(37)44)49(54)56)46-50-40-28-22-34(61(3,57)58)32-42(40)53(46)48(38)55/h22-29,32-33H,4-21,30-31H2,1-3H3. The molecule has 0 unspecified atom stereocenters. The van der Waals surface area contributed by atoms with Gasteiger partial charge in [0.25, 0.3) is 11.1 Å². The highest BCUT2D eigenvalue weighted by molar-refractivity contribution is 7.90. The van der Waals surface area contributed by atoms with Crippen LogP contribution >= 0.6 is 0 Å². The summed E-state index contributed by atoms with van der Waals surface area (Å²) in [5.41, 5.74) is 1.77. The Morgan fingerprint density at radius 2 is 0.855 bits per heavy atom. The van der Waals surface area contributed by atoms with E-state index in [9.17, 15) is 26.4 Å². The minimum atomic E-state index is -3.89. The Morgan fingerprint density at radius 3 is 1.27 bits per heavy atom. The fourth-order valence-corrected chi connectivity index (χ4v) is 11.6. The molecule has 0 aliphatic carbocycles. The number of sulfone groups is 1. The molecule has 62 heavy (non-hydrogen) atoms. The van der Waals surface area contributed by atoms with Crippen LogP contribution in [0, 0.1) is 0 Å². The minimum Gasteiger partial charge on any atom is -0.268 e. The highest BCUT2D eigenvalue weighted by Gasteiger charge is 2.27. The molecule has 11 nitrogen and oxygen atoms in total. The quantitative estimate of drug-likeness (QED) is 0.0457. The van der Waals surface area contributed by atoms with Gasteiger partial charge in [-0.1, -0.05) is 117 Å². The topological polar surface area (TPSA) is 140 Å². The lowest BCUT2D eigenvalue weighted by Crippen LogP contribution is -2.33. The number of hydrogen-bond donors (Lipinski definition) is 0. The molecule has 0 aliphatic rings. The number of rotatable bonds is 23. The fraction of sp³-hybridized carbons (Fsp3) is 0.469. The Bertz CT molecular complexity index is 3210. The molecule has 0 amide bonds. The van der Waals surface area contributed by atoms with Crippen molar-refractivity contribution in [2.45, 2.75) is 139 Å². The van der Waals surface area contributed by atoms with E-state index in [1.807, 2.05) is 0 Å². The Kier molecular flexibility index (Phi) is 13.1. The van der Waals surface area contributed by atoms with E-state index in [1.165, 1.54) is 98.0 Å². The molecule has 0 aliphatic heterocycles. The molecule has 8 rings (SSSR count). The normalized spacial score (nSPS) is 13.0. The first-order chi connectivity index (χ1) is 30.0. The third-order valence-electron chi connectivity index (χ3n) is 12.8. The van der Waals surface area contributed by atoms with E-state index in [4.69, 9.17) is 9.97 Å². The zero-order valence-electron chi connectivity index (χ0n) is 36.4. The summed E-state index contributed by atoms with van der Waals surface area (Å²) in [4.78, 5) is 38.7. The van der Waals surface area contributed by atoms with Gasteiger partial charge in [0.2, 0.25) is 10.0 Å². The van der Waals surface area contributed by atoms with Crippen molar-refractivity contribution >= 4 is 85.5 Å². The highest BCUT2D eigenvalue weighted by Crippen LogP contribution is 2.37. The molecular formula is C49H59N5O6S2. The van der Waals surface area contributed by atoms with Crippen molar-refractivity contribution in [2.24, 2.45) is 0 Å². The van der Waals surface area contributed by atoms with E-state index in [2.05, 4.69) is 13.8 Å². The summed E-state index contributed by atoms with van der Waals surface area (Å²) in [5.74, 6) is 0. The molecule has 0 N–H and O–H groups in total. The molecular weight excluding hydrogens is 819 g/mol. The van der Waals surface area contributed by atoms with Gasteiger partial charge in [-0.3, -0.25) is 18.4 Å². The number of imidazole rings is 2. The van der Waals surface area contributed by atoms with Crippen LogP contribution in [0.3, 0.4) is 0 Å². The first kappa shape index (κ1) is 43.9. The molecule has 0 saturated heterocycles. The molecule has 0 saturated carbocycles. The zero-order valence-corrected chi connectivity index (χ0v) is 38.1. The summed E-state index contributed by atoms with van der Waals surface area (Å²) in [6, 6.07) is 16.5. The van der Waals surface area contributed by atoms with Gasteiger partial charge in [0.15, 0.2) is 9.84 Å². The molecule has 0 radical (unpaired) electrons. The van der Waals surface area contributed by atoms with Gasteiger partial charge in [-0.25, -0.2) is 26.8 Å². The van der Waals surface area contributed by atoms with Crippen LogP contribution in [0.5, 0.6) is 0 Å². The van der Waals surface area contributed by atoms with Gasteiger partial charge in [0.1, 0.15) is 11.3 Å². The SMILES string of the molecule is CCCCCCCCCCCN(CCCCCCCCCCC)S(=O)(=O)c1ccc2nc3c4ccc5c(=O)n6c7cc(S(C)(=O)=O)ccc7nc6c6ccc(c(=O)n3c2c1)c4c56. The summed E-state index contributed by atoms with van der Waals surface area (Å²) in [6.07, 6.45) is 21.9. The van der Waals surface area contributed by atoms with E-state index in [-0.39, 0.29) is 20.9 Å². The number of pyridine rings is 2. The monoisotopic (exact) mass is 877 g/mol. The van der Waals surface area contributed by atoms with Gasteiger partial charge in [-0.15, -0.1) is 0 Å². The van der Waals surface area contributed by atoms with Gasteiger partial charge in [0, 0.05) is 51.7 Å². The molecule has 0 spiro atoms. The molecule has 328 valence electrons. The Labute approximate surface area is 363 Å². The Hall–Kier alpha value is -4.72. The van der Waals surface area contributed by atoms with Crippen LogP contribution in [0.1, 0.15) is 129 Å². The molecule has 0 bridgehead atoms. The number of fused-ring (bicyclic) bond motifs is 8. The maximum absolute atomic E-state index is 14.6. The lowest BCUT2D eigenvalue weighted by atomic mass is 9.96. The number of hydrogen-bond acceptors (Lipinski definition) is 8. The van der Waals surface area contributed by atoms with E-state index < -0.39 is 19.9 Å². The number of sulfonamides is 1. The van der Waals surface area contributed by atoms with Crippen LogP contribution in [0.2, 0.25) is 0 Å². The summed E-state index contributed by atoms with van der Waals surface area (Å²) in [7, 11) is -7.43. The maximum atomic E-state index is 14.6. The second kappa shape index (κ2) is 18.6. The third-order valence-corrected chi connectivity index (χ3v) is 15.9. The second-order valence-electron chi connectivity index (χ2n) is 17.4. The zero-order chi connectivity index (χ0) is 43.6. The maximum Gasteiger partial charge on any atom is 0.264 e. The van der Waals surface area contributed by atoms with Gasteiger partial charge < -0.3 is 0 Å². The van der Waals surface area contributed by atoms with Gasteiger partial charge in [0.05, 0.1) is 31.9 Å². The summed E-state index contributed by atoms with van der Waals surface area (Å²) in [5, 5.41) is 3.18. The molecule has 8 aromatic rings. The Morgan fingerprint density at radius 1 is 0.484 bits per heavy atom. The first-order valence-electron chi connectivity index (χ1n) is 22.9. The lowest BCUT2D eigenvalue weighted by molar-refractivity contribution is 0.383. The molecule has 0 atom stereocenters. The van der Waals surface area contributed by atoms with E-state index in [0.29, 0.717) is 78.8 Å². The van der Waals surface area contributed by atoms with Crippen LogP contribution in [-0.4, -0.2) is 59.3 Å². The highest BCUT2D eigenvalue weighted by atomic mass is 32.2. The van der Waals surface area contributed by atoms with Crippen molar-refractivity contribution in [2.75, 3.05) is 19.3 Å². The number of nitrogens with zero attached hydrogens (tertiary/aromatic N) is 5. The Balaban J connectivity index is 1.13. The number of benzene rings is 4. The second-order valence-corrected chi connectivity index (χ2v) is 21.3. The fourth-order valence-electron chi connectivity index (χ4n) is 9.44. The minimum absolute atomic E-state index is 0.0855. The summed E-state index contributed by atoms with van der Waals surface area (Å²) < 4.78 is 58.5. The average Bonchev–Trinajstić information content (AvgIpc) is 3.84. The largest absolute Gasteiger partial charge is 0.268 e.